The van der Waals surface area contributed by atoms with Crippen molar-refractivity contribution in [1.29, 1.82) is 0 Å². The molecule has 0 heterocycles. The lowest BCUT2D eigenvalue weighted by atomic mass is 10.1. The van der Waals surface area contributed by atoms with Gasteiger partial charge in [-0.2, -0.15) is 0 Å². The average Bonchev–Trinajstić information content (AvgIpc) is 2.35. The molecule has 0 aliphatic heterocycles. The van der Waals surface area contributed by atoms with E-state index in [1.807, 2.05) is 51.1 Å². The Morgan fingerprint density at radius 2 is 1.58 bits per heavy atom. The first-order chi connectivity index (χ1) is 8.97. The zero-order chi connectivity index (χ0) is 14.0. The van der Waals surface area contributed by atoms with Crippen LogP contribution in [0.2, 0.25) is 0 Å². The molecule has 2 nitrogen and oxygen atoms in total. The minimum Gasteiger partial charge on any atom is -0.456 e. The van der Waals surface area contributed by atoms with Crippen LogP contribution < -0.4 is 10.5 Å². The molecule has 0 unspecified atom stereocenters. The summed E-state index contributed by atoms with van der Waals surface area (Å²) >= 11 is 5.08. The lowest BCUT2D eigenvalue weighted by molar-refractivity contribution is 0.477. The van der Waals surface area contributed by atoms with E-state index in [4.69, 9.17) is 22.7 Å². The summed E-state index contributed by atoms with van der Waals surface area (Å²) in [5.74, 6) is 1.54. The van der Waals surface area contributed by atoms with Crippen molar-refractivity contribution >= 4 is 17.2 Å². The van der Waals surface area contributed by atoms with E-state index in [0.717, 1.165) is 28.0 Å². The first-order valence-corrected chi connectivity index (χ1v) is 6.54. The highest BCUT2D eigenvalue weighted by Gasteiger charge is 2.09. The summed E-state index contributed by atoms with van der Waals surface area (Å²) in [5, 5.41) is 0. The van der Waals surface area contributed by atoms with E-state index in [-0.39, 0.29) is 0 Å². The van der Waals surface area contributed by atoms with E-state index in [2.05, 4.69) is 6.07 Å². The molecular formula is C16H17NOS. The second kappa shape index (κ2) is 5.41. The zero-order valence-electron chi connectivity index (χ0n) is 11.4. The molecule has 2 aromatic rings. The molecule has 0 fully saturated rings. The predicted molar refractivity (Wildman–Crippen MR) is 83.1 cm³/mol. The fraction of sp³-hybridized carbons (Fsp3) is 0.188. The van der Waals surface area contributed by atoms with Gasteiger partial charge in [-0.15, -0.1) is 0 Å². The summed E-state index contributed by atoms with van der Waals surface area (Å²) < 4.78 is 5.97. The molecule has 2 aromatic carbocycles. The predicted octanol–water partition coefficient (Wildman–Crippen LogP) is 4.04. The number of hydrogen-bond donors (Lipinski definition) is 1. The van der Waals surface area contributed by atoms with Gasteiger partial charge in [0.1, 0.15) is 16.5 Å². The molecule has 0 bridgehead atoms. The quantitative estimate of drug-likeness (QED) is 0.856. The summed E-state index contributed by atoms with van der Waals surface area (Å²) in [6.07, 6.45) is 0. The molecule has 0 spiro atoms. The van der Waals surface area contributed by atoms with E-state index in [1.54, 1.807) is 0 Å². The lowest BCUT2D eigenvalue weighted by Gasteiger charge is -2.13. The van der Waals surface area contributed by atoms with Gasteiger partial charge in [0.2, 0.25) is 0 Å². The molecule has 0 amide bonds. The Morgan fingerprint density at radius 1 is 0.947 bits per heavy atom. The van der Waals surface area contributed by atoms with E-state index in [9.17, 15) is 0 Å². The molecule has 2 N–H and O–H groups in total. The lowest BCUT2D eigenvalue weighted by Crippen LogP contribution is -2.11. The molecule has 0 aromatic heterocycles. The third-order valence-electron chi connectivity index (χ3n) is 2.96. The summed E-state index contributed by atoms with van der Waals surface area (Å²) in [7, 11) is 0. The number of rotatable bonds is 3. The van der Waals surface area contributed by atoms with Gasteiger partial charge in [0.15, 0.2) is 0 Å². The van der Waals surface area contributed by atoms with Crippen LogP contribution in [0.15, 0.2) is 36.4 Å². The van der Waals surface area contributed by atoms with Crippen molar-refractivity contribution in [3.05, 3.63) is 58.7 Å². The van der Waals surface area contributed by atoms with Crippen LogP contribution in [0, 0.1) is 20.8 Å². The van der Waals surface area contributed by atoms with Crippen molar-refractivity contribution in [1.82, 2.24) is 0 Å². The molecule has 0 saturated carbocycles. The van der Waals surface area contributed by atoms with Crippen molar-refractivity contribution < 1.29 is 4.74 Å². The van der Waals surface area contributed by atoms with Crippen LogP contribution in [0.4, 0.5) is 0 Å². The summed E-state index contributed by atoms with van der Waals surface area (Å²) in [4.78, 5) is 0.351. The Hall–Kier alpha value is -1.87. The van der Waals surface area contributed by atoms with Crippen LogP contribution in [-0.2, 0) is 0 Å². The fourth-order valence-corrected chi connectivity index (χ4v) is 2.02. The van der Waals surface area contributed by atoms with Crippen LogP contribution in [-0.4, -0.2) is 4.99 Å². The highest BCUT2D eigenvalue weighted by atomic mass is 32.1. The van der Waals surface area contributed by atoms with Gasteiger partial charge in [-0.3, -0.25) is 0 Å². The smallest absolute Gasteiger partial charge is 0.137 e. The van der Waals surface area contributed by atoms with Gasteiger partial charge in [0, 0.05) is 0 Å². The number of benzene rings is 2. The largest absolute Gasteiger partial charge is 0.456 e. The molecular weight excluding hydrogens is 254 g/mol. The molecule has 0 atom stereocenters. The number of hydrogen-bond acceptors (Lipinski definition) is 2. The van der Waals surface area contributed by atoms with Gasteiger partial charge in [-0.25, -0.2) is 0 Å². The minimum atomic E-state index is 0.351. The van der Waals surface area contributed by atoms with Gasteiger partial charge in [0.05, 0.1) is 5.56 Å². The molecule has 0 aliphatic rings. The highest BCUT2D eigenvalue weighted by molar-refractivity contribution is 7.80. The molecule has 0 saturated heterocycles. The third kappa shape index (κ3) is 3.12. The zero-order valence-corrected chi connectivity index (χ0v) is 12.2. The van der Waals surface area contributed by atoms with E-state index in [0.29, 0.717) is 10.7 Å². The standard InChI is InChI=1S/C16H17NOS/c1-10-5-7-14(13(8-10)16(17)19)18-15-9-11(2)4-6-12(15)3/h4-9H,1-3H3,(H2,17,19). The second-order valence-corrected chi connectivity index (χ2v) is 5.17. The minimum absolute atomic E-state index is 0.351. The molecule has 0 radical (unpaired) electrons. The van der Waals surface area contributed by atoms with Gasteiger partial charge in [-0.05, 0) is 50.1 Å². The van der Waals surface area contributed by atoms with Gasteiger partial charge >= 0.3 is 0 Å². The maximum atomic E-state index is 5.97. The highest BCUT2D eigenvalue weighted by Crippen LogP contribution is 2.29. The number of thiocarbonyl (C=S) groups is 1. The Balaban J connectivity index is 2.43. The molecule has 2 rings (SSSR count). The maximum Gasteiger partial charge on any atom is 0.137 e. The van der Waals surface area contributed by atoms with Crippen LogP contribution in [0.5, 0.6) is 11.5 Å². The Morgan fingerprint density at radius 3 is 2.26 bits per heavy atom. The number of nitrogens with two attached hydrogens (primary N) is 1. The Labute approximate surface area is 119 Å². The molecule has 19 heavy (non-hydrogen) atoms. The van der Waals surface area contributed by atoms with Gasteiger partial charge in [0.25, 0.3) is 0 Å². The Kier molecular flexibility index (Phi) is 3.86. The summed E-state index contributed by atoms with van der Waals surface area (Å²) in [5.41, 5.74) is 9.88. The van der Waals surface area contributed by atoms with Crippen LogP contribution in [0.1, 0.15) is 22.3 Å². The molecule has 3 heteroatoms. The monoisotopic (exact) mass is 271 g/mol. The van der Waals surface area contributed by atoms with Crippen LogP contribution in [0.25, 0.3) is 0 Å². The van der Waals surface area contributed by atoms with Gasteiger partial charge in [-0.1, -0.05) is 36.0 Å². The summed E-state index contributed by atoms with van der Waals surface area (Å²) in [6.45, 7) is 6.06. The van der Waals surface area contributed by atoms with Crippen molar-refractivity contribution in [3.63, 3.8) is 0 Å². The first kappa shape index (κ1) is 13.6. The van der Waals surface area contributed by atoms with E-state index < -0.39 is 0 Å². The first-order valence-electron chi connectivity index (χ1n) is 6.13. The van der Waals surface area contributed by atoms with Crippen molar-refractivity contribution in [2.45, 2.75) is 20.8 Å². The number of aryl methyl sites for hydroxylation is 3. The van der Waals surface area contributed by atoms with Gasteiger partial charge < -0.3 is 10.5 Å². The van der Waals surface area contributed by atoms with E-state index in [1.165, 1.54) is 0 Å². The topological polar surface area (TPSA) is 35.2 Å². The number of ether oxygens (including phenoxy) is 1. The molecule has 0 aliphatic carbocycles. The average molecular weight is 271 g/mol. The second-order valence-electron chi connectivity index (χ2n) is 4.73. The fourth-order valence-electron chi connectivity index (χ4n) is 1.86. The van der Waals surface area contributed by atoms with Crippen LogP contribution >= 0.6 is 12.2 Å². The molecule has 98 valence electrons. The Bertz CT molecular complexity index is 635. The van der Waals surface area contributed by atoms with E-state index >= 15 is 0 Å². The normalized spacial score (nSPS) is 10.3. The third-order valence-corrected chi connectivity index (χ3v) is 3.18. The van der Waals surface area contributed by atoms with Crippen molar-refractivity contribution in [2.75, 3.05) is 0 Å². The SMILES string of the molecule is Cc1ccc(C)c(Oc2ccc(C)cc2C(N)=S)c1. The van der Waals surface area contributed by atoms with Crippen LogP contribution in [0.3, 0.4) is 0 Å². The van der Waals surface area contributed by atoms with Crippen molar-refractivity contribution in [3.8, 4) is 11.5 Å². The summed E-state index contributed by atoms with van der Waals surface area (Å²) in [6, 6.07) is 12.0. The maximum absolute atomic E-state index is 5.97. The van der Waals surface area contributed by atoms with Crippen molar-refractivity contribution in [2.24, 2.45) is 5.73 Å².